The number of urea groups is 1. The first kappa shape index (κ1) is 103. The van der Waals surface area contributed by atoms with Gasteiger partial charge in [-0.3, -0.25) is 33.6 Å². The smallest absolute Gasteiger partial charge is 0.329 e. The molecule has 0 spiro atoms. The maximum Gasteiger partial charge on any atom is 0.329 e. The second-order valence-corrected chi connectivity index (χ2v) is 41.1. The fourth-order valence-electron chi connectivity index (χ4n) is 19.3. The highest BCUT2D eigenvalue weighted by Crippen LogP contribution is 2.44. The van der Waals surface area contributed by atoms with E-state index in [-0.39, 0.29) is 82.3 Å². The maximum absolute atomic E-state index is 13.7. The number of benzene rings is 8. The van der Waals surface area contributed by atoms with Crippen molar-refractivity contribution in [2.24, 2.45) is 34.1 Å². The number of fused-ring (bicyclic) bond motifs is 4. The second kappa shape index (κ2) is 42.8. The van der Waals surface area contributed by atoms with Gasteiger partial charge >= 0.3 is 38.4 Å². The molecule has 4 saturated heterocycles. The SMILES string of the molecule is CC(=O)NS(=O)(=O)N1CCC(NC(=O)c2cc3c(Cl)c(Cl)ccc3n2C)(c2cccc(CO)c2)CC1.CNC(=O)NS(=O)(=O)N1CCCC(NC(=O)c2cc3c(Cl)c(C)ccc3n2C)(c2cccc(CO)c2)C1.COc1ccc2c(cc(C(=O)NC3(c4ccc(C(C(=O)O)C5CCCCC5)cc4)COC3)n2C)c1Cl.Cc1ccc2c(cc(C(=O)NC3(c4ccc(CC(=O)O)cc4)CCOC3)n2C)c1Cl. The van der Waals surface area contributed by atoms with Gasteiger partial charge in [-0.15, -0.1) is 0 Å². The number of halogens is 5. The van der Waals surface area contributed by atoms with Crippen LogP contribution in [-0.4, -0.2) is 178 Å². The predicted molar refractivity (Wildman–Crippen MR) is 532 cm³/mol. The Morgan fingerprint density at radius 1 is 0.468 bits per heavy atom. The maximum atomic E-state index is 13.7. The molecule has 7 amide bonds. The summed E-state index contributed by atoms with van der Waals surface area (Å²) in [5.74, 6) is -3.31. The monoisotopic (exact) mass is 2040 g/mol. The van der Waals surface area contributed by atoms with E-state index >= 15 is 0 Å². The lowest BCUT2D eigenvalue weighted by Gasteiger charge is -2.43. The van der Waals surface area contributed by atoms with Gasteiger partial charge in [-0.1, -0.05) is 186 Å². The number of nitrogens with one attached hydrogen (secondary N) is 7. The molecule has 1 aliphatic carbocycles. The molecule has 4 aliphatic heterocycles. The van der Waals surface area contributed by atoms with Gasteiger partial charge in [0.2, 0.25) is 5.91 Å². The molecule has 8 heterocycles. The number of aromatic nitrogens is 4. The topological polar surface area (TPSA) is 424 Å². The van der Waals surface area contributed by atoms with Crippen molar-refractivity contribution in [1.82, 2.24) is 62.9 Å². The van der Waals surface area contributed by atoms with Crippen LogP contribution in [0.4, 0.5) is 4.79 Å². The quantitative estimate of drug-likeness (QED) is 0.0268. The number of piperidine rings is 2. The number of aliphatic carboxylic acids is 2. The van der Waals surface area contributed by atoms with Gasteiger partial charge in [-0.05, 0) is 175 Å². The first-order chi connectivity index (χ1) is 66.1. The van der Waals surface area contributed by atoms with Crippen molar-refractivity contribution in [1.29, 1.82) is 0 Å². The fourth-order valence-corrected chi connectivity index (χ4v) is 22.7. The number of methoxy groups -OCH3 is 1. The largest absolute Gasteiger partial charge is 0.495 e. The van der Waals surface area contributed by atoms with Gasteiger partial charge < -0.3 is 79.5 Å². The molecule has 12 aromatic rings. The summed E-state index contributed by atoms with van der Waals surface area (Å²) >= 11 is 32.0. The van der Waals surface area contributed by atoms with E-state index in [1.807, 2.05) is 125 Å². The van der Waals surface area contributed by atoms with E-state index in [1.54, 1.807) is 121 Å². The summed E-state index contributed by atoms with van der Waals surface area (Å²) in [5.41, 5.74) is 9.49. The molecular weight excluding hydrogens is 1930 g/mol. The number of aliphatic hydroxyl groups is 2. The van der Waals surface area contributed by atoms with Crippen LogP contribution in [-0.2, 0) is 114 Å². The standard InChI is InChI=1S/C28H31ClN2O5.C25H30ClN5O5S.C24H26Cl2N4O5S.C23H23ClN2O4/c1-31-21-12-13-23(35-2)25(29)20(21)14-22(31)26(32)30-28(15-36-16-28)19-10-8-18(9-11-19)24(27(33)34)17-6-4-3-5-7-17;1-16-8-9-20-19(22(16)26)13-21(30(20)3)23(33)28-25(18-7-4-6-17(12-18)14-32)10-5-11-31(15-25)37(35,36)29-24(34)27-2;1-15(32)28-36(34,35)30-10-8-24(9-11-30,17-5-3-4-16(12-17)14-31)27-23(33)21-13-18-20(29(21)2)7-6-19(25)22(18)26;1-14-3-8-18-17(21(14)24)12-19(26(18)2)22(29)25-23(9-10-30-13-23)16-6-4-15(5-7-16)11-20(27)28/h8-14,17,24H,3-7,15-16H2,1-2H3,(H,30,32)(H,33,34);4,6-9,12-13,32H,5,10-11,14-15H2,1-3H3,(H,28,33)(H2,27,29,34);3-7,12-13,31H,8-11,14H2,1-2H3,(H,27,33)(H,28,32);3-8,12H,9-11,13H2,1-2H3,(H,25,29)(H,27,28). The summed E-state index contributed by atoms with van der Waals surface area (Å²) < 4.78 is 80.9. The summed E-state index contributed by atoms with van der Waals surface area (Å²) in [6, 6.07) is 50.2. The number of ether oxygens (including phenoxy) is 3. The van der Waals surface area contributed by atoms with E-state index in [1.165, 1.54) is 17.8 Å². The summed E-state index contributed by atoms with van der Waals surface area (Å²) in [7, 11) is 1.91. The van der Waals surface area contributed by atoms with Crippen molar-refractivity contribution in [2.45, 2.75) is 133 Å². The Morgan fingerprint density at radius 3 is 1.37 bits per heavy atom. The van der Waals surface area contributed by atoms with Crippen molar-refractivity contribution < 1.29 is 89.8 Å². The van der Waals surface area contributed by atoms with Crippen LogP contribution in [0.1, 0.15) is 175 Å². The minimum atomic E-state index is -4.18. The number of hydrogen-bond donors (Lipinski definition) is 11. The molecule has 3 atom stereocenters. The second-order valence-electron chi connectivity index (χ2n) is 35.9. The number of aryl methyl sites for hydroxylation is 6. The Bertz CT molecular complexity index is 6980. The Balaban J connectivity index is 0.000000148. The van der Waals surface area contributed by atoms with E-state index in [0.717, 1.165) is 109 Å². The van der Waals surface area contributed by atoms with Crippen LogP contribution in [0.15, 0.2) is 170 Å². The number of amides is 7. The van der Waals surface area contributed by atoms with Gasteiger partial charge in [0.15, 0.2) is 0 Å². The summed E-state index contributed by atoms with van der Waals surface area (Å²) in [5, 5.41) is 58.5. The molecule has 5 fully saturated rings. The van der Waals surface area contributed by atoms with Gasteiger partial charge in [0, 0.05) is 119 Å². The molecule has 8 aromatic carbocycles. The van der Waals surface area contributed by atoms with Crippen LogP contribution in [0, 0.1) is 19.8 Å². The first-order valence-electron chi connectivity index (χ1n) is 45.2. The number of nitrogens with zero attached hydrogens (tertiary/aromatic N) is 6. The Morgan fingerprint density at radius 2 is 0.914 bits per heavy atom. The number of carbonyl (C=O) groups is 8. The van der Waals surface area contributed by atoms with Crippen LogP contribution in [0.25, 0.3) is 43.6 Å². The van der Waals surface area contributed by atoms with Crippen LogP contribution >= 0.6 is 58.0 Å². The number of aliphatic hydroxyl groups excluding tert-OH is 2. The van der Waals surface area contributed by atoms with E-state index in [0.29, 0.717) is 127 Å². The molecular formula is C100H110Cl5N13O19S2. The minimum Gasteiger partial charge on any atom is -0.495 e. The van der Waals surface area contributed by atoms with Gasteiger partial charge in [-0.25, -0.2) is 14.2 Å². The predicted octanol–water partition coefficient (Wildman–Crippen LogP) is 14.7. The third-order valence-corrected chi connectivity index (χ3v) is 32.3. The molecule has 139 heavy (non-hydrogen) atoms. The highest BCUT2D eigenvalue weighted by Gasteiger charge is 2.47. The molecule has 5 aliphatic rings. The summed E-state index contributed by atoms with van der Waals surface area (Å²) in [6.45, 7) is 6.39. The number of carboxylic acids is 2. The van der Waals surface area contributed by atoms with Gasteiger partial charge in [0.1, 0.15) is 34.1 Å². The number of rotatable bonds is 24. The molecule has 3 unspecified atom stereocenters. The number of hydrogen-bond acceptors (Lipinski definition) is 17. The third kappa shape index (κ3) is 21.8. The average Bonchev–Trinajstić information content (AvgIpc) is 1.61. The summed E-state index contributed by atoms with van der Waals surface area (Å²) in [4.78, 5) is 100. The number of carbonyl (C=O) groups excluding carboxylic acids is 6. The van der Waals surface area contributed by atoms with E-state index in [2.05, 4.69) is 26.6 Å². The molecule has 0 radical (unpaired) electrons. The fraction of sp³-hybridized carbons (Fsp3) is 0.360. The molecule has 39 heteroatoms. The Kier molecular flexibility index (Phi) is 31.8. The lowest BCUT2D eigenvalue weighted by atomic mass is 9.76. The van der Waals surface area contributed by atoms with Crippen LogP contribution in [0.5, 0.6) is 5.75 Å². The van der Waals surface area contributed by atoms with Crippen molar-refractivity contribution >= 4 is 170 Å². The van der Waals surface area contributed by atoms with Crippen LogP contribution < -0.4 is 40.8 Å². The molecule has 0 bridgehead atoms. The third-order valence-electron chi connectivity index (χ3n) is 27.1. The zero-order valence-corrected chi connectivity index (χ0v) is 83.4. The van der Waals surface area contributed by atoms with Crippen molar-refractivity contribution in [3.8, 4) is 5.75 Å². The molecule has 736 valence electrons. The van der Waals surface area contributed by atoms with Crippen molar-refractivity contribution in [3.63, 3.8) is 0 Å². The lowest BCUT2D eigenvalue weighted by molar-refractivity contribution is -0.140. The summed E-state index contributed by atoms with van der Waals surface area (Å²) in [6.07, 6.45) is 7.25. The van der Waals surface area contributed by atoms with Gasteiger partial charge in [0.05, 0.1) is 99.7 Å². The molecule has 4 aromatic heterocycles. The van der Waals surface area contributed by atoms with Crippen molar-refractivity contribution in [2.75, 3.05) is 66.8 Å². The highest BCUT2D eigenvalue weighted by molar-refractivity contribution is 7.88. The Hall–Kier alpha value is -11.6. The normalized spacial score (nSPS) is 17.9. The van der Waals surface area contributed by atoms with Crippen LogP contribution in [0.3, 0.4) is 0 Å². The first-order valence-corrected chi connectivity index (χ1v) is 49.9. The average molecular weight is 2040 g/mol. The Labute approximate surface area is 829 Å². The molecule has 32 nitrogen and oxygen atoms in total. The molecule has 1 saturated carbocycles. The zero-order chi connectivity index (χ0) is 100. The van der Waals surface area contributed by atoms with Crippen molar-refractivity contribution in [3.05, 3.63) is 273 Å². The number of carboxylic acid groups (broad SMARTS) is 2. The zero-order valence-electron chi connectivity index (χ0n) is 78.0. The minimum absolute atomic E-state index is 0.0355. The highest BCUT2D eigenvalue weighted by atomic mass is 35.5. The van der Waals surface area contributed by atoms with Crippen LogP contribution in [0.2, 0.25) is 25.1 Å². The lowest BCUT2D eigenvalue weighted by Crippen LogP contribution is -2.60. The van der Waals surface area contributed by atoms with E-state index in [9.17, 15) is 70.5 Å². The molecule has 17 rings (SSSR count). The molecule has 11 N–H and O–H groups in total. The van der Waals surface area contributed by atoms with E-state index < -0.39 is 78.3 Å². The van der Waals surface area contributed by atoms with Gasteiger partial charge in [-0.2, -0.15) is 25.4 Å². The van der Waals surface area contributed by atoms with E-state index in [4.69, 9.17) is 77.3 Å². The van der Waals surface area contributed by atoms with Gasteiger partial charge in [0.25, 0.3) is 23.6 Å².